The van der Waals surface area contributed by atoms with Gasteiger partial charge in [0.2, 0.25) is 11.8 Å². The Hall–Kier alpha value is -7.86. The second-order valence-electron chi connectivity index (χ2n) is 14.7. The largest absolute Gasteiger partial charge is 0.497 e. The number of methoxy groups -OCH3 is 1. The fourth-order valence-corrected chi connectivity index (χ4v) is 8.08. The number of nitrogens with one attached hydrogen (secondary N) is 1. The number of carbonyl (C=O) groups excluding carboxylic acids is 6. The SMILES string of the molecule is COc1ccc2cc(OC(=O)c3ccc(OC(=O)c4cccc(C(=O)Nc5cccc(OC(=O)c6ccc(N7C(=O)C8C9C=CC(C9)C8C7=O)cc6)c5)c4)cc3)ccc2c1. The molecule has 2 aliphatic carbocycles. The number of benzene rings is 6. The highest BCUT2D eigenvalue weighted by atomic mass is 16.5. The van der Waals surface area contributed by atoms with Crippen molar-refractivity contribution in [3.8, 4) is 23.0 Å². The fraction of sp³-hybridized carbons (Fsp3) is 0.125. The van der Waals surface area contributed by atoms with Crippen molar-refractivity contribution >= 4 is 57.8 Å². The van der Waals surface area contributed by atoms with E-state index in [9.17, 15) is 28.8 Å². The minimum absolute atomic E-state index is 0.0956. The van der Waals surface area contributed by atoms with Crippen LogP contribution >= 0.6 is 0 Å². The van der Waals surface area contributed by atoms with Crippen LogP contribution in [0.15, 0.2) is 146 Å². The number of hydrogen-bond acceptors (Lipinski definition) is 10. The molecule has 0 spiro atoms. The number of nitrogens with zero attached hydrogens (tertiary/aromatic N) is 1. The van der Waals surface area contributed by atoms with Crippen LogP contribution in [0.3, 0.4) is 0 Å². The lowest BCUT2D eigenvalue weighted by Gasteiger charge is -2.17. The third-order valence-electron chi connectivity index (χ3n) is 11.0. The van der Waals surface area contributed by atoms with Gasteiger partial charge >= 0.3 is 17.9 Å². The van der Waals surface area contributed by atoms with E-state index in [1.807, 2.05) is 36.4 Å². The highest BCUT2D eigenvalue weighted by molar-refractivity contribution is 6.23. The molecule has 2 fully saturated rings. The summed E-state index contributed by atoms with van der Waals surface area (Å²) < 4.78 is 21.9. The topological polar surface area (TPSA) is 155 Å². The molecule has 0 aromatic heterocycles. The first-order chi connectivity index (χ1) is 29.1. The smallest absolute Gasteiger partial charge is 0.343 e. The Morgan fingerprint density at radius 2 is 1.05 bits per heavy atom. The lowest BCUT2D eigenvalue weighted by atomic mass is 9.85. The lowest BCUT2D eigenvalue weighted by Crippen LogP contribution is -2.32. The maximum atomic E-state index is 13.2. The first-order valence-electron chi connectivity index (χ1n) is 19.1. The molecule has 60 heavy (non-hydrogen) atoms. The summed E-state index contributed by atoms with van der Waals surface area (Å²) in [5.74, 6) is -1.94. The van der Waals surface area contributed by atoms with Crippen LogP contribution in [0.2, 0.25) is 0 Å². The van der Waals surface area contributed by atoms with Crippen LogP contribution in [0.1, 0.15) is 47.9 Å². The molecule has 12 heteroatoms. The molecule has 1 saturated carbocycles. The van der Waals surface area contributed by atoms with Crippen LogP contribution in [-0.2, 0) is 9.59 Å². The number of amides is 3. The van der Waals surface area contributed by atoms with Gasteiger partial charge in [0, 0.05) is 17.3 Å². The van der Waals surface area contributed by atoms with E-state index >= 15 is 0 Å². The van der Waals surface area contributed by atoms with Crippen LogP contribution in [-0.4, -0.2) is 42.7 Å². The molecule has 2 bridgehead atoms. The molecular weight excluding hydrogens is 765 g/mol. The number of carbonyl (C=O) groups is 6. The van der Waals surface area contributed by atoms with E-state index in [-0.39, 0.29) is 69.2 Å². The first-order valence-corrected chi connectivity index (χ1v) is 19.1. The number of rotatable bonds is 10. The number of allylic oxidation sites excluding steroid dienone is 2. The van der Waals surface area contributed by atoms with Crippen molar-refractivity contribution in [2.45, 2.75) is 6.42 Å². The molecule has 6 aromatic rings. The fourth-order valence-electron chi connectivity index (χ4n) is 8.08. The minimum atomic E-state index is -0.722. The standard InChI is InChI=1S/C48H34N2O10/c1-57-38-20-14-30-25-40(21-15-29(30)24-38)60-47(55)28-12-18-37(19-13-28)58-48(56)34-5-2-4-33(23-34)43(51)49-35-6-3-7-39(26-35)59-46(54)27-10-16-36(17-11-27)50-44(52)41-31-8-9-32(22-31)42(41)45(50)53/h2-21,23-26,31-32,41-42H,22H2,1H3,(H,49,51). The number of fused-ring (bicyclic) bond motifs is 6. The van der Waals surface area contributed by atoms with E-state index in [0.717, 1.165) is 22.9 Å². The lowest BCUT2D eigenvalue weighted by molar-refractivity contribution is -0.123. The summed E-state index contributed by atoms with van der Waals surface area (Å²) in [7, 11) is 1.59. The second-order valence-corrected chi connectivity index (χ2v) is 14.7. The maximum absolute atomic E-state index is 13.2. The molecule has 296 valence electrons. The van der Waals surface area contributed by atoms with Gasteiger partial charge in [0.05, 0.1) is 41.3 Å². The van der Waals surface area contributed by atoms with Gasteiger partial charge in [-0.3, -0.25) is 19.3 Å². The van der Waals surface area contributed by atoms with Crippen LogP contribution in [0.25, 0.3) is 10.8 Å². The predicted molar refractivity (Wildman–Crippen MR) is 219 cm³/mol. The summed E-state index contributed by atoms with van der Waals surface area (Å²) >= 11 is 0. The number of esters is 3. The summed E-state index contributed by atoms with van der Waals surface area (Å²) in [4.78, 5) is 79.8. The van der Waals surface area contributed by atoms with Gasteiger partial charge in [0.25, 0.3) is 5.91 Å². The molecule has 4 unspecified atom stereocenters. The second kappa shape index (κ2) is 15.5. The Bertz CT molecular complexity index is 2750. The number of imide groups is 1. The zero-order chi connectivity index (χ0) is 41.5. The van der Waals surface area contributed by atoms with Crippen molar-refractivity contribution in [3.05, 3.63) is 168 Å². The van der Waals surface area contributed by atoms with Gasteiger partial charge in [0.1, 0.15) is 23.0 Å². The summed E-state index contributed by atoms with van der Waals surface area (Å²) in [6.45, 7) is 0. The molecule has 12 nitrogen and oxygen atoms in total. The monoisotopic (exact) mass is 798 g/mol. The average molecular weight is 799 g/mol. The van der Waals surface area contributed by atoms with Crippen molar-refractivity contribution in [1.82, 2.24) is 0 Å². The number of ether oxygens (including phenoxy) is 4. The van der Waals surface area contributed by atoms with Crippen LogP contribution in [0.4, 0.5) is 11.4 Å². The van der Waals surface area contributed by atoms with E-state index in [4.69, 9.17) is 18.9 Å². The molecule has 1 aliphatic heterocycles. The normalized spacial score (nSPS) is 18.6. The zero-order valence-corrected chi connectivity index (χ0v) is 31.9. The Labute approximate surface area is 342 Å². The van der Waals surface area contributed by atoms with Crippen LogP contribution < -0.4 is 29.2 Å². The van der Waals surface area contributed by atoms with Gasteiger partial charge in [-0.25, -0.2) is 14.4 Å². The molecular formula is C48H34N2O10. The van der Waals surface area contributed by atoms with Gasteiger partial charge in [-0.05, 0) is 132 Å². The first kappa shape index (κ1) is 37.7. The van der Waals surface area contributed by atoms with Crippen molar-refractivity contribution in [2.75, 3.05) is 17.3 Å². The van der Waals surface area contributed by atoms with E-state index in [1.54, 1.807) is 55.6 Å². The third kappa shape index (κ3) is 7.26. The molecule has 1 N–H and O–H groups in total. The quantitative estimate of drug-likeness (QED) is 0.0623. The molecule has 3 amide bonds. The van der Waals surface area contributed by atoms with E-state index in [2.05, 4.69) is 5.32 Å². The van der Waals surface area contributed by atoms with Crippen LogP contribution in [0.5, 0.6) is 23.0 Å². The molecule has 1 saturated heterocycles. The highest BCUT2D eigenvalue weighted by Crippen LogP contribution is 2.53. The Kier molecular flexibility index (Phi) is 9.73. The van der Waals surface area contributed by atoms with Gasteiger partial charge in [-0.2, -0.15) is 0 Å². The van der Waals surface area contributed by atoms with Crippen molar-refractivity contribution in [1.29, 1.82) is 0 Å². The molecule has 6 aromatic carbocycles. The van der Waals surface area contributed by atoms with Crippen molar-refractivity contribution in [2.24, 2.45) is 23.7 Å². The summed E-state index contributed by atoms with van der Waals surface area (Å²) in [6, 6.07) is 35.1. The van der Waals surface area contributed by atoms with Crippen LogP contribution in [0, 0.1) is 23.7 Å². The molecule has 0 radical (unpaired) electrons. The van der Waals surface area contributed by atoms with E-state index in [1.165, 1.54) is 65.6 Å². The Balaban J connectivity index is 0.786. The average Bonchev–Trinajstić information content (AvgIpc) is 3.97. The van der Waals surface area contributed by atoms with E-state index in [0.29, 0.717) is 17.1 Å². The third-order valence-corrected chi connectivity index (χ3v) is 11.0. The van der Waals surface area contributed by atoms with Crippen molar-refractivity contribution in [3.63, 3.8) is 0 Å². The van der Waals surface area contributed by atoms with Gasteiger partial charge < -0.3 is 24.3 Å². The number of anilines is 2. The highest BCUT2D eigenvalue weighted by Gasteiger charge is 2.59. The maximum Gasteiger partial charge on any atom is 0.343 e. The van der Waals surface area contributed by atoms with Crippen molar-refractivity contribution < 1.29 is 47.7 Å². The minimum Gasteiger partial charge on any atom is -0.497 e. The molecule has 4 atom stereocenters. The molecule has 3 aliphatic rings. The van der Waals surface area contributed by atoms with Gasteiger partial charge in [-0.15, -0.1) is 0 Å². The van der Waals surface area contributed by atoms with E-state index < -0.39 is 23.8 Å². The zero-order valence-electron chi connectivity index (χ0n) is 31.9. The summed E-state index contributed by atoms with van der Waals surface area (Å²) in [6.07, 6.45) is 4.91. The number of hydrogen-bond donors (Lipinski definition) is 1. The summed E-state index contributed by atoms with van der Waals surface area (Å²) in [5, 5.41) is 4.55. The Morgan fingerprint density at radius 3 is 1.70 bits per heavy atom. The van der Waals surface area contributed by atoms with Gasteiger partial charge in [0.15, 0.2) is 0 Å². The van der Waals surface area contributed by atoms with Gasteiger partial charge in [-0.1, -0.05) is 36.4 Å². The Morgan fingerprint density at radius 1 is 0.533 bits per heavy atom. The predicted octanol–water partition coefficient (Wildman–Crippen LogP) is 8.07. The summed E-state index contributed by atoms with van der Waals surface area (Å²) in [5.41, 5.74) is 1.46. The molecule has 9 rings (SSSR count). The molecule has 1 heterocycles.